The van der Waals surface area contributed by atoms with E-state index in [9.17, 15) is 4.79 Å². The van der Waals surface area contributed by atoms with Crippen LogP contribution in [0, 0.1) is 0 Å². The highest BCUT2D eigenvalue weighted by atomic mass is 32.1. The monoisotopic (exact) mass is 390 g/mol. The van der Waals surface area contributed by atoms with E-state index in [0.29, 0.717) is 28.2 Å². The molecular formula is C20H18N6OS. The lowest BCUT2D eigenvalue weighted by atomic mass is 10.1. The van der Waals surface area contributed by atoms with Gasteiger partial charge in [0.1, 0.15) is 5.82 Å². The van der Waals surface area contributed by atoms with Crippen molar-refractivity contribution in [3.63, 3.8) is 0 Å². The summed E-state index contributed by atoms with van der Waals surface area (Å²) in [5.74, 6) is 0.696. The number of hydrogen-bond acceptors (Lipinski definition) is 8. The summed E-state index contributed by atoms with van der Waals surface area (Å²) < 4.78 is 0. The third-order valence-electron chi connectivity index (χ3n) is 4.30. The van der Waals surface area contributed by atoms with Crippen LogP contribution in [-0.4, -0.2) is 34.2 Å². The van der Waals surface area contributed by atoms with E-state index >= 15 is 0 Å². The van der Waals surface area contributed by atoms with Gasteiger partial charge in [-0.05, 0) is 37.8 Å². The van der Waals surface area contributed by atoms with Crippen LogP contribution in [-0.2, 0) is 0 Å². The van der Waals surface area contributed by atoms with E-state index in [1.54, 1.807) is 12.3 Å². The van der Waals surface area contributed by atoms with E-state index in [1.165, 1.54) is 11.3 Å². The lowest BCUT2D eigenvalue weighted by Gasteiger charge is -2.13. The van der Waals surface area contributed by atoms with Gasteiger partial charge in [-0.25, -0.2) is 4.98 Å². The van der Waals surface area contributed by atoms with Gasteiger partial charge in [0.05, 0.1) is 11.3 Å². The summed E-state index contributed by atoms with van der Waals surface area (Å²) in [6.45, 7) is 7.39. The van der Waals surface area contributed by atoms with Crippen molar-refractivity contribution in [2.24, 2.45) is 4.99 Å². The molecule has 0 spiro atoms. The van der Waals surface area contributed by atoms with Gasteiger partial charge < -0.3 is 10.6 Å². The fraction of sp³-hybridized carbons (Fsp3) is 0.150. The molecule has 0 radical (unpaired) electrons. The highest BCUT2D eigenvalue weighted by Crippen LogP contribution is 2.35. The number of rotatable bonds is 8. The van der Waals surface area contributed by atoms with Crippen LogP contribution in [0.2, 0.25) is 0 Å². The molecule has 0 aliphatic heterocycles. The third-order valence-corrected chi connectivity index (χ3v) is 5.18. The predicted octanol–water partition coefficient (Wildman–Crippen LogP) is 4.71. The Balaban J connectivity index is 1.65. The molecular weight excluding hydrogens is 372 g/mol. The van der Waals surface area contributed by atoms with Gasteiger partial charge in [-0.15, -0.1) is 10.2 Å². The lowest BCUT2D eigenvalue weighted by molar-refractivity contribution is 0.112. The van der Waals surface area contributed by atoms with E-state index in [-0.39, 0.29) is 0 Å². The quantitative estimate of drug-likeness (QED) is 0.428. The van der Waals surface area contributed by atoms with Crippen molar-refractivity contribution in [1.29, 1.82) is 0 Å². The van der Waals surface area contributed by atoms with Crippen LogP contribution in [0.4, 0.5) is 22.9 Å². The maximum atomic E-state index is 10.9. The molecule has 140 valence electrons. The zero-order valence-corrected chi connectivity index (χ0v) is 15.9. The molecule has 0 atom stereocenters. The summed E-state index contributed by atoms with van der Waals surface area (Å²) in [6, 6.07) is 8.15. The zero-order chi connectivity index (χ0) is 19.5. The number of hydrogen-bond donors (Lipinski definition) is 2. The maximum Gasteiger partial charge on any atom is 0.180 e. The molecule has 0 amide bonds. The minimum absolute atomic E-state index is 0.349. The number of carbonyl (C=O) groups excluding carboxylic acids is 1. The molecule has 1 aliphatic carbocycles. The van der Waals surface area contributed by atoms with Crippen LogP contribution in [0.15, 0.2) is 42.0 Å². The summed E-state index contributed by atoms with van der Waals surface area (Å²) in [6.07, 6.45) is 6.47. The van der Waals surface area contributed by atoms with Crippen LogP contribution in [0.1, 0.15) is 28.2 Å². The second-order valence-corrected chi connectivity index (χ2v) is 7.37. The van der Waals surface area contributed by atoms with Crippen molar-refractivity contribution in [3.8, 4) is 10.6 Å². The highest BCUT2D eigenvalue weighted by molar-refractivity contribution is 7.16. The van der Waals surface area contributed by atoms with E-state index in [2.05, 4.69) is 44.1 Å². The van der Waals surface area contributed by atoms with Crippen LogP contribution in [0.5, 0.6) is 0 Å². The number of pyridine rings is 1. The molecule has 4 rings (SSSR count). The Bertz CT molecular complexity index is 1060. The van der Waals surface area contributed by atoms with Gasteiger partial charge in [0.2, 0.25) is 0 Å². The molecule has 1 aliphatic rings. The number of aldehydes is 1. The minimum Gasteiger partial charge on any atom is -0.382 e. The smallest absolute Gasteiger partial charge is 0.180 e. The summed E-state index contributed by atoms with van der Waals surface area (Å²) in [4.78, 5) is 19.4. The number of nitrogens with zero attached hydrogens (tertiary/aromatic N) is 4. The number of nitrogens with one attached hydrogen (secondary N) is 2. The number of carbonyl (C=O) groups is 1. The van der Waals surface area contributed by atoms with Crippen molar-refractivity contribution < 1.29 is 4.79 Å². The summed E-state index contributed by atoms with van der Waals surface area (Å²) in [7, 11) is 0. The fourth-order valence-electron chi connectivity index (χ4n) is 2.74. The lowest BCUT2D eigenvalue weighted by Crippen LogP contribution is -2.04. The average Bonchev–Trinajstić information content (AvgIpc) is 3.41. The topological polar surface area (TPSA) is 92.2 Å². The molecule has 2 heterocycles. The van der Waals surface area contributed by atoms with Crippen LogP contribution < -0.4 is 10.6 Å². The third kappa shape index (κ3) is 3.81. The minimum atomic E-state index is 0.349. The van der Waals surface area contributed by atoms with Gasteiger partial charge >= 0.3 is 0 Å². The normalized spacial score (nSPS) is 13.0. The number of benzene rings is 1. The molecule has 3 aromatic rings. The Morgan fingerprint density at radius 2 is 2.11 bits per heavy atom. The Morgan fingerprint density at radius 3 is 2.79 bits per heavy atom. The van der Waals surface area contributed by atoms with Crippen LogP contribution in [0.3, 0.4) is 0 Å². The van der Waals surface area contributed by atoms with Gasteiger partial charge in [0.15, 0.2) is 16.3 Å². The summed E-state index contributed by atoms with van der Waals surface area (Å²) in [5, 5.41) is 15.8. The second-order valence-electron chi connectivity index (χ2n) is 6.36. The first-order chi connectivity index (χ1) is 13.7. The molecule has 7 nitrogen and oxygen atoms in total. The zero-order valence-electron chi connectivity index (χ0n) is 15.1. The molecule has 2 aromatic heterocycles. The van der Waals surface area contributed by atoms with Crippen LogP contribution in [0.25, 0.3) is 16.6 Å². The van der Waals surface area contributed by atoms with E-state index in [4.69, 9.17) is 0 Å². The second kappa shape index (κ2) is 7.69. The Labute approximate surface area is 166 Å². The molecule has 8 heteroatoms. The maximum absolute atomic E-state index is 10.9. The largest absolute Gasteiger partial charge is 0.382 e. The fourth-order valence-corrected chi connectivity index (χ4v) is 3.42. The average molecular weight is 390 g/mol. The molecule has 2 N–H and O–H groups in total. The van der Waals surface area contributed by atoms with Gasteiger partial charge in [-0.2, -0.15) is 0 Å². The van der Waals surface area contributed by atoms with Crippen molar-refractivity contribution in [3.05, 3.63) is 47.6 Å². The number of aromatic nitrogens is 3. The van der Waals surface area contributed by atoms with Gasteiger partial charge in [0.25, 0.3) is 0 Å². The predicted molar refractivity (Wildman–Crippen MR) is 114 cm³/mol. The highest BCUT2D eigenvalue weighted by Gasteiger charge is 2.23. The van der Waals surface area contributed by atoms with Crippen molar-refractivity contribution in [1.82, 2.24) is 15.2 Å². The molecule has 0 bridgehead atoms. The Hall–Kier alpha value is -3.39. The Kier molecular flexibility index (Phi) is 4.94. The number of anilines is 3. The molecule has 28 heavy (non-hydrogen) atoms. The number of aliphatic imine (C=N–C) groups is 1. The summed E-state index contributed by atoms with van der Waals surface area (Å²) >= 11 is 1.25. The van der Waals surface area contributed by atoms with Gasteiger partial charge in [-0.1, -0.05) is 24.0 Å². The van der Waals surface area contributed by atoms with Crippen molar-refractivity contribution in [2.45, 2.75) is 18.9 Å². The molecule has 1 fully saturated rings. The summed E-state index contributed by atoms with van der Waals surface area (Å²) in [5.41, 5.74) is 4.30. The van der Waals surface area contributed by atoms with E-state index in [1.807, 2.05) is 24.3 Å². The van der Waals surface area contributed by atoms with E-state index < -0.39 is 0 Å². The molecule has 1 saturated carbocycles. The SMILES string of the molecule is C=Cc1cc(Nc2cc(NC3CC3)c(-c3nnc(C=O)s3)cn2)ccc1N=C. The van der Waals surface area contributed by atoms with Crippen LogP contribution >= 0.6 is 11.3 Å². The van der Waals surface area contributed by atoms with Crippen molar-refractivity contribution >= 4 is 53.3 Å². The van der Waals surface area contributed by atoms with E-state index in [0.717, 1.165) is 41.0 Å². The van der Waals surface area contributed by atoms with Crippen molar-refractivity contribution in [2.75, 3.05) is 10.6 Å². The van der Waals surface area contributed by atoms with Gasteiger partial charge in [-0.3, -0.25) is 9.79 Å². The molecule has 0 saturated heterocycles. The molecule has 1 aromatic carbocycles. The first-order valence-electron chi connectivity index (χ1n) is 8.76. The molecule has 0 unspecified atom stereocenters. The van der Waals surface area contributed by atoms with Gasteiger partial charge in [0, 0.05) is 35.2 Å². The standard InChI is InChI=1S/C20H18N6OS/c1-3-12-8-14(6-7-16(12)21-2)24-18-9-17(23-13-4-5-13)15(10-22-18)20-26-25-19(11-27)28-20/h3,6-11,13H,1-2,4-5H2,(H2,22,23,24). The first-order valence-corrected chi connectivity index (χ1v) is 9.57. The first kappa shape index (κ1) is 18.0. The Morgan fingerprint density at radius 1 is 1.25 bits per heavy atom.